The van der Waals surface area contributed by atoms with E-state index in [9.17, 15) is 4.79 Å². The molecule has 2 N–H and O–H groups in total. The number of aryl methyl sites for hydroxylation is 2. The van der Waals surface area contributed by atoms with E-state index < -0.39 is 0 Å². The number of hydrogen-bond acceptors (Lipinski definition) is 5. The van der Waals surface area contributed by atoms with Gasteiger partial charge in [0.15, 0.2) is 10.8 Å². The van der Waals surface area contributed by atoms with Gasteiger partial charge in [-0.25, -0.2) is 9.97 Å². The monoisotopic (exact) mass is 380 g/mol. The molecule has 0 aliphatic heterocycles. The Morgan fingerprint density at radius 3 is 2.93 bits per heavy atom. The summed E-state index contributed by atoms with van der Waals surface area (Å²) in [5.41, 5.74) is 2.78. The van der Waals surface area contributed by atoms with E-state index >= 15 is 0 Å². The quantitative estimate of drug-likeness (QED) is 0.477. The Balaban J connectivity index is 1.23. The molecule has 0 aliphatic rings. The van der Waals surface area contributed by atoms with E-state index in [2.05, 4.69) is 20.3 Å². The molecule has 3 aromatic heterocycles. The number of aromatic amines is 1. The Hall–Kier alpha value is -2.93. The number of thiazole rings is 1. The Labute approximate surface area is 160 Å². The predicted octanol–water partition coefficient (Wildman–Crippen LogP) is 3.88. The molecule has 0 bridgehead atoms. The van der Waals surface area contributed by atoms with E-state index in [0.29, 0.717) is 6.54 Å². The number of para-hydroxylation sites is 2. The van der Waals surface area contributed by atoms with Crippen LogP contribution in [-0.2, 0) is 17.6 Å². The van der Waals surface area contributed by atoms with Gasteiger partial charge in [-0.1, -0.05) is 12.1 Å². The fourth-order valence-corrected chi connectivity index (χ4v) is 3.67. The Bertz CT molecular complexity index is 1030. The van der Waals surface area contributed by atoms with E-state index in [1.54, 1.807) is 0 Å². The molecule has 0 radical (unpaired) electrons. The molecule has 3 heterocycles. The van der Waals surface area contributed by atoms with Gasteiger partial charge >= 0.3 is 0 Å². The number of rotatable bonds is 7. The molecule has 0 aliphatic carbocycles. The zero-order chi connectivity index (χ0) is 18.6. The second kappa shape index (κ2) is 7.75. The normalized spacial score (nSPS) is 11.1. The van der Waals surface area contributed by atoms with Gasteiger partial charge in [0.25, 0.3) is 0 Å². The first-order valence-corrected chi connectivity index (χ1v) is 9.77. The van der Waals surface area contributed by atoms with Gasteiger partial charge in [-0.2, -0.15) is 0 Å². The number of carbonyl (C=O) groups excluding carboxylic acids is 1. The van der Waals surface area contributed by atoms with Crippen LogP contribution in [0, 0.1) is 6.92 Å². The van der Waals surface area contributed by atoms with Crippen LogP contribution in [0.3, 0.4) is 0 Å². The van der Waals surface area contributed by atoms with Crippen molar-refractivity contribution in [2.45, 2.75) is 26.2 Å². The molecule has 4 aromatic rings. The summed E-state index contributed by atoms with van der Waals surface area (Å²) in [6.45, 7) is 2.51. The number of fused-ring (bicyclic) bond motifs is 1. The van der Waals surface area contributed by atoms with Crippen LogP contribution in [0.2, 0.25) is 0 Å². The number of aromatic nitrogens is 3. The number of hydrogen-bond donors (Lipinski definition) is 2. The summed E-state index contributed by atoms with van der Waals surface area (Å²) < 4.78 is 5.57. The zero-order valence-electron chi connectivity index (χ0n) is 15.0. The third-order valence-corrected chi connectivity index (χ3v) is 5.10. The van der Waals surface area contributed by atoms with E-state index in [0.717, 1.165) is 51.9 Å². The summed E-state index contributed by atoms with van der Waals surface area (Å²) in [6, 6.07) is 11.8. The average molecular weight is 380 g/mol. The van der Waals surface area contributed by atoms with Crippen molar-refractivity contribution >= 4 is 28.3 Å². The summed E-state index contributed by atoms with van der Waals surface area (Å²) in [6.07, 6.45) is 1.91. The van der Waals surface area contributed by atoms with Crippen LogP contribution in [0.5, 0.6) is 0 Å². The Kier molecular flexibility index (Phi) is 5.02. The lowest BCUT2D eigenvalue weighted by Crippen LogP contribution is -2.26. The van der Waals surface area contributed by atoms with Crippen molar-refractivity contribution in [3.05, 3.63) is 59.1 Å². The first-order chi connectivity index (χ1) is 13.2. The molecule has 0 saturated carbocycles. The van der Waals surface area contributed by atoms with Crippen molar-refractivity contribution in [3.63, 3.8) is 0 Å². The van der Waals surface area contributed by atoms with Crippen molar-refractivity contribution < 1.29 is 9.21 Å². The minimum absolute atomic E-state index is 0.0212. The third-order valence-electron chi connectivity index (χ3n) is 4.20. The zero-order valence-corrected chi connectivity index (χ0v) is 15.8. The summed E-state index contributed by atoms with van der Waals surface area (Å²) in [5, 5.41) is 5.65. The van der Waals surface area contributed by atoms with E-state index in [4.69, 9.17) is 4.42 Å². The summed E-state index contributed by atoms with van der Waals surface area (Å²) in [5.74, 6) is 2.52. The first-order valence-electron chi connectivity index (χ1n) is 8.89. The van der Waals surface area contributed by atoms with Crippen LogP contribution in [0.15, 0.2) is 46.2 Å². The molecule has 0 atom stereocenters. The van der Waals surface area contributed by atoms with E-state index in [-0.39, 0.29) is 12.3 Å². The Morgan fingerprint density at radius 1 is 1.22 bits per heavy atom. The molecule has 4 rings (SSSR count). The van der Waals surface area contributed by atoms with Gasteiger partial charge in [-0.3, -0.25) is 4.79 Å². The molecular formula is C20H20N4O2S. The van der Waals surface area contributed by atoms with Crippen molar-refractivity contribution in [1.82, 2.24) is 20.3 Å². The summed E-state index contributed by atoms with van der Waals surface area (Å²) >= 11 is 1.49. The lowest BCUT2D eigenvalue weighted by Gasteiger charge is -2.03. The van der Waals surface area contributed by atoms with Gasteiger partial charge in [-0.15, -0.1) is 11.3 Å². The molecule has 138 valence electrons. The molecule has 0 fully saturated rings. The summed E-state index contributed by atoms with van der Waals surface area (Å²) in [7, 11) is 0. The Morgan fingerprint density at radius 2 is 2.11 bits per heavy atom. The molecule has 1 aromatic carbocycles. The van der Waals surface area contributed by atoms with Crippen LogP contribution in [0.25, 0.3) is 21.8 Å². The molecular weight excluding hydrogens is 360 g/mol. The fourth-order valence-electron chi connectivity index (χ4n) is 2.89. The largest absolute Gasteiger partial charge is 0.459 e. The number of furan rings is 1. The maximum Gasteiger partial charge on any atom is 0.226 e. The van der Waals surface area contributed by atoms with Gasteiger partial charge in [0.2, 0.25) is 5.91 Å². The van der Waals surface area contributed by atoms with Crippen molar-refractivity contribution in [1.29, 1.82) is 0 Å². The van der Waals surface area contributed by atoms with E-state index in [1.807, 2.05) is 48.7 Å². The van der Waals surface area contributed by atoms with Gasteiger partial charge in [-0.05, 0) is 37.6 Å². The molecule has 7 heteroatoms. The van der Waals surface area contributed by atoms with Gasteiger partial charge in [0, 0.05) is 18.3 Å². The average Bonchev–Trinajstić information content (AvgIpc) is 3.37. The first kappa shape index (κ1) is 17.5. The number of amides is 1. The topological polar surface area (TPSA) is 83.8 Å². The standard InChI is InChI=1S/C20H20N4O2S/c1-13-8-9-17(26-13)20-22-14(12-27-20)11-19(25)21-10-4-7-18-23-15-5-2-3-6-16(15)24-18/h2-3,5-6,8-9,12H,4,7,10-11H2,1H3,(H,21,25)(H,23,24). The van der Waals surface area contributed by atoms with Crippen LogP contribution in [0.4, 0.5) is 0 Å². The molecule has 1 amide bonds. The minimum atomic E-state index is -0.0212. The minimum Gasteiger partial charge on any atom is -0.459 e. The highest BCUT2D eigenvalue weighted by molar-refractivity contribution is 7.13. The second-order valence-electron chi connectivity index (χ2n) is 6.39. The highest BCUT2D eigenvalue weighted by atomic mass is 32.1. The molecule has 6 nitrogen and oxygen atoms in total. The van der Waals surface area contributed by atoms with Gasteiger partial charge < -0.3 is 14.7 Å². The number of imidazole rings is 1. The maximum atomic E-state index is 12.1. The number of nitrogens with one attached hydrogen (secondary N) is 2. The molecule has 0 unspecified atom stereocenters. The predicted molar refractivity (Wildman–Crippen MR) is 106 cm³/mol. The van der Waals surface area contributed by atoms with Crippen molar-refractivity contribution in [2.75, 3.05) is 6.54 Å². The number of carbonyl (C=O) groups is 1. The van der Waals surface area contributed by atoms with Crippen LogP contribution < -0.4 is 5.32 Å². The van der Waals surface area contributed by atoms with Crippen LogP contribution >= 0.6 is 11.3 Å². The van der Waals surface area contributed by atoms with Crippen molar-refractivity contribution in [3.8, 4) is 10.8 Å². The second-order valence-corrected chi connectivity index (χ2v) is 7.24. The highest BCUT2D eigenvalue weighted by Crippen LogP contribution is 2.25. The third kappa shape index (κ3) is 4.25. The SMILES string of the molecule is Cc1ccc(-c2nc(CC(=O)NCCCc3nc4ccccc4[nH]3)cs2)o1. The lowest BCUT2D eigenvalue weighted by molar-refractivity contribution is -0.120. The van der Waals surface area contributed by atoms with Crippen LogP contribution in [-0.4, -0.2) is 27.4 Å². The number of nitrogens with zero attached hydrogens (tertiary/aromatic N) is 2. The number of H-pyrrole nitrogens is 1. The molecule has 0 spiro atoms. The van der Waals surface area contributed by atoms with Crippen molar-refractivity contribution in [2.24, 2.45) is 0 Å². The maximum absolute atomic E-state index is 12.1. The fraction of sp³-hybridized carbons (Fsp3) is 0.250. The number of benzene rings is 1. The van der Waals surface area contributed by atoms with Crippen LogP contribution in [0.1, 0.15) is 23.7 Å². The highest BCUT2D eigenvalue weighted by Gasteiger charge is 2.11. The molecule has 0 saturated heterocycles. The molecule has 27 heavy (non-hydrogen) atoms. The van der Waals surface area contributed by atoms with Gasteiger partial charge in [0.1, 0.15) is 11.6 Å². The lowest BCUT2D eigenvalue weighted by atomic mass is 10.3. The van der Waals surface area contributed by atoms with E-state index in [1.165, 1.54) is 11.3 Å². The van der Waals surface area contributed by atoms with Gasteiger partial charge in [0.05, 0.1) is 23.1 Å². The summed E-state index contributed by atoms with van der Waals surface area (Å²) in [4.78, 5) is 24.5. The smallest absolute Gasteiger partial charge is 0.226 e.